The van der Waals surface area contributed by atoms with Crippen LogP contribution in [0.1, 0.15) is 194 Å². The maximum atomic E-state index is 9.14. The molecule has 2 heteroatoms. The maximum Gasteiger partial charge on any atom is 0.0431 e. The molecule has 0 aromatic heterocycles. The number of rotatable bonds is 28. The summed E-state index contributed by atoms with van der Waals surface area (Å²) in [5.41, 5.74) is 0. The average Bonchev–Trinajstić information content (AvgIpc) is 2.93. The molecular weight excluding hydrogens is 464 g/mol. The Hall–Kier alpha value is -0.0800. The first-order chi connectivity index (χ1) is 18.8. The predicted octanol–water partition coefficient (Wildman–Crippen LogP) is 11.4. The van der Waals surface area contributed by atoms with E-state index in [1.165, 1.54) is 167 Å². The molecule has 1 aliphatic rings. The van der Waals surface area contributed by atoms with Gasteiger partial charge in [-0.15, -0.1) is 0 Å². The third-order valence-corrected chi connectivity index (χ3v) is 9.92. The standard InChI is InChI=1S/C36H72O2/c1-3-5-7-9-10-15-21-27-35-33(25-19-8-6-4-2)29-30-34(26-20-14-11-12-17-23-31-37)36(35)28-22-16-13-18-24-32-38/h33-38H,3-32H2,1-2H3. The molecule has 0 aromatic rings. The molecule has 0 saturated heterocycles. The number of unbranched alkanes of at least 4 members (excludes halogenated alkanes) is 18. The Balaban J connectivity index is 2.69. The number of hydrogen-bond acceptors (Lipinski definition) is 2. The zero-order valence-electron chi connectivity index (χ0n) is 26.4. The molecular formula is C36H72O2. The summed E-state index contributed by atoms with van der Waals surface area (Å²) in [6.07, 6.45) is 38.8. The van der Waals surface area contributed by atoms with E-state index in [9.17, 15) is 0 Å². The van der Waals surface area contributed by atoms with Crippen molar-refractivity contribution >= 4 is 0 Å². The van der Waals surface area contributed by atoms with Gasteiger partial charge in [-0.2, -0.15) is 0 Å². The molecule has 0 bridgehead atoms. The Morgan fingerprint density at radius 1 is 0.368 bits per heavy atom. The lowest BCUT2D eigenvalue weighted by Gasteiger charge is -2.44. The Labute approximate surface area is 240 Å². The molecule has 0 amide bonds. The molecule has 0 heterocycles. The van der Waals surface area contributed by atoms with Crippen LogP contribution in [-0.2, 0) is 0 Å². The van der Waals surface area contributed by atoms with E-state index in [0.717, 1.165) is 36.5 Å². The summed E-state index contributed by atoms with van der Waals surface area (Å²) < 4.78 is 0. The molecule has 228 valence electrons. The minimum atomic E-state index is 0.365. The van der Waals surface area contributed by atoms with E-state index < -0.39 is 0 Å². The second-order valence-corrected chi connectivity index (χ2v) is 13.1. The second kappa shape index (κ2) is 27.1. The van der Waals surface area contributed by atoms with Gasteiger partial charge in [0.1, 0.15) is 0 Å². The van der Waals surface area contributed by atoms with Crippen LogP contribution in [0.15, 0.2) is 0 Å². The van der Waals surface area contributed by atoms with Crippen molar-refractivity contribution in [2.24, 2.45) is 23.7 Å². The van der Waals surface area contributed by atoms with Crippen molar-refractivity contribution in [1.29, 1.82) is 0 Å². The highest BCUT2D eigenvalue weighted by atomic mass is 16.3. The normalized spacial score (nSPS) is 21.8. The van der Waals surface area contributed by atoms with Crippen LogP contribution in [-0.4, -0.2) is 23.4 Å². The lowest BCUT2D eigenvalue weighted by atomic mass is 9.61. The summed E-state index contributed by atoms with van der Waals surface area (Å²) in [4.78, 5) is 0. The third-order valence-electron chi connectivity index (χ3n) is 9.92. The fourth-order valence-corrected chi connectivity index (χ4v) is 7.59. The topological polar surface area (TPSA) is 40.5 Å². The molecule has 0 radical (unpaired) electrons. The van der Waals surface area contributed by atoms with Crippen molar-refractivity contribution in [2.45, 2.75) is 194 Å². The van der Waals surface area contributed by atoms with Crippen LogP contribution in [0.2, 0.25) is 0 Å². The summed E-state index contributed by atoms with van der Waals surface area (Å²) in [6, 6.07) is 0. The quantitative estimate of drug-likeness (QED) is 0.0976. The van der Waals surface area contributed by atoms with Crippen molar-refractivity contribution in [3.05, 3.63) is 0 Å². The molecule has 38 heavy (non-hydrogen) atoms. The van der Waals surface area contributed by atoms with Gasteiger partial charge in [0.15, 0.2) is 0 Å². The Morgan fingerprint density at radius 2 is 0.658 bits per heavy atom. The molecule has 1 fully saturated rings. The van der Waals surface area contributed by atoms with Crippen molar-refractivity contribution in [3.63, 3.8) is 0 Å². The van der Waals surface area contributed by atoms with E-state index in [4.69, 9.17) is 10.2 Å². The molecule has 0 aromatic carbocycles. The lowest BCUT2D eigenvalue weighted by Crippen LogP contribution is -2.35. The molecule has 2 nitrogen and oxygen atoms in total. The molecule has 4 unspecified atom stereocenters. The largest absolute Gasteiger partial charge is 0.396 e. The Morgan fingerprint density at radius 3 is 1.03 bits per heavy atom. The van der Waals surface area contributed by atoms with Gasteiger partial charge in [-0.05, 0) is 62.2 Å². The molecule has 0 spiro atoms. The molecule has 2 N–H and O–H groups in total. The summed E-state index contributed by atoms with van der Waals surface area (Å²) in [5.74, 6) is 3.95. The fraction of sp³-hybridized carbons (Fsp3) is 1.00. The van der Waals surface area contributed by atoms with Crippen molar-refractivity contribution in [3.8, 4) is 0 Å². The SMILES string of the molecule is CCCCCCCCCC1C(CCCCCC)CCC(CCCCCCCCO)C1CCCCCCCO. The van der Waals surface area contributed by atoms with E-state index in [2.05, 4.69) is 13.8 Å². The monoisotopic (exact) mass is 537 g/mol. The van der Waals surface area contributed by atoms with Crippen molar-refractivity contribution in [2.75, 3.05) is 13.2 Å². The highest BCUT2D eigenvalue weighted by molar-refractivity contribution is 4.88. The fourth-order valence-electron chi connectivity index (χ4n) is 7.59. The van der Waals surface area contributed by atoms with E-state index in [-0.39, 0.29) is 0 Å². The van der Waals surface area contributed by atoms with Crippen LogP contribution in [0.5, 0.6) is 0 Å². The third kappa shape index (κ3) is 18.3. The van der Waals surface area contributed by atoms with Gasteiger partial charge in [0.05, 0.1) is 0 Å². The highest BCUT2D eigenvalue weighted by Crippen LogP contribution is 2.47. The summed E-state index contributed by atoms with van der Waals surface area (Å²) in [6.45, 7) is 5.40. The minimum Gasteiger partial charge on any atom is -0.396 e. The zero-order chi connectivity index (χ0) is 27.5. The number of hydrogen-bond donors (Lipinski definition) is 2. The average molecular weight is 537 g/mol. The molecule has 1 aliphatic carbocycles. The summed E-state index contributed by atoms with van der Waals surface area (Å²) in [7, 11) is 0. The predicted molar refractivity (Wildman–Crippen MR) is 169 cm³/mol. The summed E-state index contributed by atoms with van der Waals surface area (Å²) >= 11 is 0. The van der Waals surface area contributed by atoms with E-state index in [0.29, 0.717) is 13.2 Å². The van der Waals surface area contributed by atoms with Crippen LogP contribution in [0, 0.1) is 23.7 Å². The smallest absolute Gasteiger partial charge is 0.0431 e. The zero-order valence-corrected chi connectivity index (χ0v) is 26.4. The number of aliphatic hydroxyl groups is 2. The van der Waals surface area contributed by atoms with Gasteiger partial charge in [-0.25, -0.2) is 0 Å². The van der Waals surface area contributed by atoms with Gasteiger partial charge in [0.25, 0.3) is 0 Å². The maximum absolute atomic E-state index is 9.14. The van der Waals surface area contributed by atoms with Crippen LogP contribution in [0.4, 0.5) is 0 Å². The van der Waals surface area contributed by atoms with Gasteiger partial charge in [0, 0.05) is 13.2 Å². The molecule has 0 aliphatic heterocycles. The van der Waals surface area contributed by atoms with Crippen LogP contribution >= 0.6 is 0 Å². The minimum absolute atomic E-state index is 0.365. The van der Waals surface area contributed by atoms with Gasteiger partial charge < -0.3 is 10.2 Å². The van der Waals surface area contributed by atoms with Crippen LogP contribution in [0.25, 0.3) is 0 Å². The van der Waals surface area contributed by atoms with Gasteiger partial charge in [-0.1, -0.05) is 155 Å². The van der Waals surface area contributed by atoms with Gasteiger partial charge in [0.2, 0.25) is 0 Å². The second-order valence-electron chi connectivity index (χ2n) is 13.1. The molecule has 1 rings (SSSR count). The van der Waals surface area contributed by atoms with Crippen LogP contribution in [0.3, 0.4) is 0 Å². The van der Waals surface area contributed by atoms with Gasteiger partial charge >= 0.3 is 0 Å². The first-order valence-electron chi connectivity index (χ1n) is 18.0. The van der Waals surface area contributed by atoms with Crippen LogP contribution < -0.4 is 0 Å². The summed E-state index contributed by atoms with van der Waals surface area (Å²) in [5, 5.41) is 18.2. The van der Waals surface area contributed by atoms with Crippen molar-refractivity contribution < 1.29 is 10.2 Å². The molecule has 1 saturated carbocycles. The van der Waals surface area contributed by atoms with E-state index >= 15 is 0 Å². The Bertz CT molecular complexity index is 462. The first-order valence-corrected chi connectivity index (χ1v) is 18.0. The Kier molecular flexibility index (Phi) is 25.6. The van der Waals surface area contributed by atoms with E-state index in [1.807, 2.05) is 0 Å². The van der Waals surface area contributed by atoms with E-state index in [1.54, 1.807) is 0 Å². The lowest BCUT2D eigenvalue weighted by molar-refractivity contribution is 0.0581. The molecule has 4 atom stereocenters. The van der Waals surface area contributed by atoms with Gasteiger partial charge in [-0.3, -0.25) is 0 Å². The highest BCUT2D eigenvalue weighted by Gasteiger charge is 2.37. The number of aliphatic hydroxyl groups excluding tert-OH is 2. The first kappa shape index (κ1) is 35.9. The van der Waals surface area contributed by atoms with Crippen molar-refractivity contribution in [1.82, 2.24) is 0 Å².